The normalized spacial score (nSPS) is 11.1. The second-order valence-corrected chi connectivity index (χ2v) is 6.89. The molecule has 2 aromatic rings. The van der Waals surface area contributed by atoms with Gasteiger partial charge in [0.2, 0.25) is 0 Å². The molecule has 0 fully saturated rings. The number of nitrogens with zero attached hydrogens (tertiary/aromatic N) is 1. The van der Waals surface area contributed by atoms with Gasteiger partial charge in [0.1, 0.15) is 10.6 Å². The highest BCUT2D eigenvalue weighted by molar-refractivity contribution is 9.10. The SMILES string of the molecule is O=C(O)c1cc(NS(=O)(=O)c2ccc(Br)cc2Cl)ccn1. The van der Waals surface area contributed by atoms with E-state index in [9.17, 15) is 13.2 Å². The Labute approximate surface area is 134 Å². The van der Waals surface area contributed by atoms with Crippen molar-refractivity contribution in [2.45, 2.75) is 4.90 Å². The highest BCUT2D eigenvalue weighted by Gasteiger charge is 2.19. The van der Waals surface area contributed by atoms with Gasteiger partial charge < -0.3 is 5.11 Å². The molecule has 0 atom stereocenters. The molecule has 1 heterocycles. The Balaban J connectivity index is 2.37. The average Bonchev–Trinajstić information content (AvgIpc) is 2.37. The summed E-state index contributed by atoms with van der Waals surface area (Å²) in [7, 11) is -3.93. The summed E-state index contributed by atoms with van der Waals surface area (Å²) in [6.45, 7) is 0. The van der Waals surface area contributed by atoms with E-state index in [4.69, 9.17) is 16.7 Å². The van der Waals surface area contributed by atoms with Gasteiger partial charge in [-0.2, -0.15) is 0 Å². The summed E-state index contributed by atoms with van der Waals surface area (Å²) in [4.78, 5) is 14.3. The Morgan fingerprint density at radius 2 is 2.00 bits per heavy atom. The second kappa shape index (κ2) is 6.00. The van der Waals surface area contributed by atoms with Gasteiger partial charge in [0.15, 0.2) is 0 Å². The Morgan fingerprint density at radius 3 is 2.62 bits per heavy atom. The van der Waals surface area contributed by atoms with E-state index in [1.807, 2.05) is 0 Å². The fraction of sp³-hybridized carbons (Fsp3) is 0. The lowest BCUT2D eigenvalue weighted by Gasteiger charge is -2.10. The average molecular weight is 392 g/mol. The van der Waals surface area contributed by atoms with Gasteiger partial charge in [-0.3, -0.25) is 4.72 Å². The second-order valence-electron chi connectivity index (χ2n) is 3.92. The number of carboxylic acids is 1. The molecule has 0 saturated carbocycles. The van der Waals surface area contributed by atoms with E-state index >= 15 is 0 Å². The summed E-state index contributed by atoms with van der Waals surface area (Å²) in [5.41, 5.74) is -0.182. The summed E-state index contributed by atoms with van der Waals surface area (Å²) in [6, 6.07) is 6.79. The van der Waals surface area contributed by atoms with Crippen LogP contribution in [0.4, 0.5) is 5.69 Å². The maximum atomic E-state index is 12.2. The molecule has 0 saturated heterocycles. The topological polar surface area (TPSA) is 96.4 Å². The van der Waals surface area contributed by atoms with E-state index in [-0.39, 0.29) is 21.3 Å². The number of aromatic carboxylic acids is 1. The number of rotatable bonds is 4. The van der Waals surface area contributed by atoms with Gasteiger partial charge in [0.05, 0.1) is 10.7 Å². The van der Waals surface area contributed by atoms with E-state index in [2.05, 4.69) is 25.6 Å². The molecule has 0 radical (unpaired) electrons. The molecule has 2 N–H and O–H groups in total. The van der Waals surface area contributed by atoms with Crippen LogP contribution in [0.25, 0.3) is 0 Å². The molecular weight excluding hydrogens is 384 g/mol. The third kappa shape index (κ3) is 3.72. The molecule has 0 aliphatic carbocycles. The Bertz CT molecular complexity index is 811. The first kappa shape index (κ1) is 15.7. The summed E-state index contributed by atoms with van der Waals surface area (Å²) in [5, 5.41) is 8.88. The predicted octanol–water partition coefficient (Wildman–Crippen LogP) is 3.00. The number of aromatic nitrogens is 1. The van der Waals surface area contributed by atoms with Crippen molar-refractivity contribution in [2.24, 2.45) is 0 Å². The minimum atomic E-state index is -3.93. The van der Waals surface area contributed by atoms with E-state index in [0.29, 0.717) is 4.47 Å². The molecule has 0 aliphatic rings. The van der Waals surface area contributed by atoms with E-state index in [0.717, 1.165) is 6.07 Å². The van der Waals surface area contributed by atoms with Crippen LogP contribution < -0.4 is 4.72 Å². The minimum absolute atomic E-state index is 0.0457. The summed E-state index contributed by atoms with van der Waals surface area (Å²) < 4.78 is 27.4. The zero-order valence-corrected chi connectivity index (χ0v) is 13.4. The van der Waals surface area contributed by atoms with Gasteiger partial charge in [-0.05, 0) is 30.3 Å². The predicted molar refractivity (Wildman–Crippen MR) is 81.2 cm³/mol. The first-order valence-electron chi connectivity index (χ1n) is 5.47. The third-order valence-corrected chi connectivity index (χ3v) is 4.77. The number of halogens is 2. The molecule has 6 nitrogen and oxygen atoms in total. The maximum absolute atomic E-state index is 12.2. The van der Waals surface area contributed by atoms with Gasteiger partial charge in [-0.1, -0.05) is 27.5 Å². The summed E-state index contributed by atoms with van der Waals surface area (Å²) in [6.07, 6.45) is 1.20. The number of benzene rings is 1. The van der Waals surface area contributed by atoms with Crippen molar-refractivity contribution >= 4 is 49.2 Å². The molecule has 110 valence electrons. The van der Waals surface area contributed by atoms with Crippen molar-refractivity contribution in [3.05, 3.63) is 51.7 Å². The van der Waals surface area contributed by atoms with Crippen LogP contribution >= 0.6 is 27.5 Å². The van der Waals surface area contributed by atoms with Crippen molar-refractivity contribution in [1.82, 2.24) is 4.98 Å². The molecule has 1 aromatic heterocycles. The summed E-state index contributed by atoms with van der Waals surface area (Å²) >= 11 is 9.09. The lowest BCUT2D eigenvalue weighted by molar-refractivity contribution is 0.0690. The Kier molecular flexibility index (Phi) is 4.50. The molecule has 2 rings (SSSR count). The van der Waals surface area contributed by atoms with Crippen LogP contribution in [0.3, 0.4) is 0 Å². The van der Waals surface area contributed by atoms with Crippen LogP contribution in [0.1, 0.15) is 10.5 Å². The number of anilines is 1. The number of carboxylic acid groups (broad SMARTS) is 1. The van der Waals surface area contributed by atoms with Crippen molar-refractivity contribution in [3.63, 3.8) is 0 Å². The zero-order chi connectivity index (χ0) is 15.6. The lowest BCUT2D eigenvalue weighted by atomic mass is 10.3. The van der Waals surface area contributed by atoms with Crippen LogP contribution in [0.15, 0.2) is 45.9 Å². The lowest BCUT2D eigenvalue weighted by Crippen LogP contribution is -2.14. The standard InChI is InChI=1S/C12H8BrClN2O4S/c13-7-1-2-11(9(14)5-7)21(19,20)16-8-3-4-15-10(6-8)12(17)18/h1-6H,(H,15,16)(H,17,18). The number of carbonyl (C=O) groups is 1. The molecule has 0 bridgehead atoms. The Hall–Kier alpha value is -1.64. The minimum Gasteiger partial charge on any atom is -0.477 e. The van der Waals surface area contributed by atoms with Crippen molar-refractivity contribution < 1.29 is 18.3 Å². The van der Waals surface area contributed by atoms with Crippen molar-refractivity contribution in [2.75, 3.05) is 4.72 Å². The van der Waals surface area contributed by atoms with Gasteiger partial charge >= 0.3 is 5.97 Å². The van der Waals surface area contributed by atoms with E-state index in [1.165, 1.54) is 30.5 Å². The van der Waals surface area contributed by atoms with Crippen LogP contribution in [0.5, 0.6) is 0 Å². The number of pyridine rings is 1. The van der Waals surface area contributed by atoms with Gasteiger partial charge in [0.25, 0.3) is 10.0 Å². The van der Waals surface area contributed by atoms with Crippen LogP contribution in [0.2, 0.25) is 5.02 Å². The van der Waals surface area contributed by atoms with Gasteiger partial charge in [0, 0.05) is 10.7 Å². The third-order valence-electron chi connectivity index (χ3n) is 2.41. The quantitative estimate of drug-likeness (QED) is 0.835. The smallest absolute Gasteiger partial charge is 0.354 e. The molecule has 0 aliphatic heterocycles. The zero-order valence-electron chi connectivity index (χ0n) is 10.2. The number of hydrogen-bond acceptors (Lipinski definition) is 4. The largest absolute Gasteiger partial charge is 0.477 e. The monoisotopic (exact) mass is 390 g/mol. The van der Waals surface area contributed by atoms with Gasteiger partial charge in [-0.15, -0.1) is 0 Å². The number of nitrogens with one attached hydrogen (secondary N) is 1. The molecular formula is C12H8BrClN2O4S. The maximum Gasteiger partial charge on any atom is 0.354 e. The molecule has 21 heavy (non-hydrogen) atoms. The first-order valence-corrected chi connectivity index (χ1v) is 8.12. The fourth-order valence-electron chi connectivity index (χ4n) is 1.51. The van der Waals surface area contributed by atoms with Gasteiger partial charge in [-0.25, -0.2) is 18.2 Å². The molecule has 0 spiro atoms. The number of sulfonamides is 1. The molecule has 1 aromatic carbocycles. The molecule has 9 heteroatoms. The van der Waals surface area contributed by atoms with E-state index < -0.39 is 16.0 Å². The van der Waals surface area contributed by atoms with Crippen LogP contribution in [0, 0.1) is 0 Å². The van der Waals surface area contributed by atoms with Crippen LogP contribution in [-0.4, -0.2) is 24.5 Å². The van der Waals surface area contributed by atoms with Crippen molar-refractivity contribution in [1.29, 1.82) is 0 Å². The Morgan fingerprint density at radius 1 is 1.29 bits per heavy atom. The number of hydrogen-bond donors (Lipinski definition) is 2. The summed E-state index contributed by atoms with van der Waals surface area (Å²) in [5.74, 6) is -1.25. The molecule has 0 unspecified atom stereocenters. The highest BCUT2D eigenvalue weighted by atomic mass is 79.9. The highest BCUT2D eigenvalue weighted by Crippen LogP contribution is 2.26. The first-order chi connectivity index (χ1) is 9.79. The fourth-order valence-corrected chi connectivity index (χ4v) is 3.60. The van der Waals surface area contributed by atoms with E-state index in [1.54, 1.807) is 0 Å². The molecule has 0 amide bonds. The van der Waals surface area contributed by atoms with Crippen LogP contribution in [-0.2, 0) is 10.0 Å². The van der Waals surface area contributed by atoms with Crippen molar-refractivity contribution in [3.8, 4) is 0 Å².